The van der Waals surface area contributed by atoms with Crippen molar-refractivity contribution < 1.29 is 21.2 Å². The molecule has 10 heteroatoms. The van der Waals surface area contributed by atoms with Gasteiger partial charge in [0.15, 0.2) is 0 Å². The Labute approximate surface area is 117 Å². The summed E-state index contributed by atoms with van der Waals surface area (Å²) in [5, 5.41) is 0. The number of benzene rings is 1. The van der Waals surface area contributed by atoms with Crippen LogP contribution in [0.15, 0.2) is 23.1 Å². The van der Waals surface area contributed by atoms with E-state index in [0.717, 1.165) is 18.2 Å². The van der Waals surface area contributed by atoms with Crippen LogP contribution in [0.3, 0.4) is 0 Å². The second kappa shape index (κ2) is 6.48. The molecule has 0 heterocycles. The molecule has 0 saturated heterocycles. The maximum Gasteiger partial charge on any atom is 0.240 e. The van der Waals surface area contributed by atoms with Crippen molar-refractivity contribution in [3.8, 4) is 0 Å². The lowest BCUT2D eigenvalue weighted by Gasteiger charge is -2.08. The van der Waals surface area contributed by atoms with E-state index in [2.05, 4.69) is 9.44 Å². The van der Waals surface area contributed by atoms with Crippen LogP contribution < -0.4 is 15.2 Å². The lowest BCUT2D eigenvalue weighted by Crippen LogP contribution is -2.34. The molecule has 0 bridgehead atoms. The smallest absolute Gasteiger partial charge is 0.240 e. The Balaban J connectivity index is 2.74. The van der Waals surface area contributed by atoms with Crippen LogP contribution in [0.25, 0.3) is 0 Å². The average molecular weight is 325 g/mol. The largest absolute Gasteiger partial charge is 0.396 e. The maximum atomic E-state index is 13.2. The molecule has 1 aromatic carbocycles. The quantitative estimate of drug-likeness (QED) is 0.591. The Bertz CT molecular complexity index is 674. The van der Waals surface area contributed by atoms with Crippen LogP contribution in [0.1, 0.15) is 6.92 Å². The summed E-state index contributed by atoms with van der Waals surface area (Å²) >= 11 is 0. The van der Waals surface area contributed by atoms with Crippen molar-refractivity contribution >= 4 is 25.7 Å². The first-order valence-electron chi connectivity index (χ1n) is 5.70. The van der Waals surface area contributed by atoms with Gasteiger partial charge in [0.05, 0.1) is 16.3 Å². The Kier molecular flexibility index (Phi) is 5.45. The molecule has 0 atom stereocenters. The van der Waals surface area contributed by atoms with Gasteiger partial charge in [-0.2, -0.15) is 0 Å². The Morgan fingerprint density at radius 1 is 1.20 bits per heavy atom. The highest BCUT2D eigenvalue weighted by Gasteiger charge is 2.17. The SMILES string of the molecule is CCNS(=O)(=O)CCNS(=O)(=O)c1ccc(N)c(F)c1. The van der Waals surface area contributed by atoms with Gasteiger partial charge < -0.3 is 5.73 Å². The summed E-state index contributed by atoms with van der Waals surface area (Å²) in [6.07, 6.45) is 0. The molecule has 0 aliphatic carbocycles. The number of nitrogens with one attached hydrogen (secondary N) is 2. The van der Waals surface area contributed by atoms with E-state index in [-0.39, 0.29) is 23.7 Å². The Hall–Kier alpha value is -1.23. The standard InChI is InChI=1S/C10H16FN3O4S2/c1-2-13-19(15,16)6-5-14-20(17,18)8-3-4-10(12)9(11)7-8/h3-4,7,13-14H,2,5-6,12H2,1H3. The first-order chi connectivity index (χ1) is 9.18. The highest BCUT2D eigenvalue weighted by molar-refractivity contribution is 7.90. The minimum atomic E-state index is -3.97. The first kappa shape index (κ1) is 16.8. The van der Waals surface area contributed by atoms with Crippen molar-refractivity contribution in [2.45, 2.75) is 11.8 Å². The zero-order valence-electron chi connectivity index (χ0n) is 10.8. The molecular weight excluding hydrogens is 309 g/mol. The molecule has 0 fully saturated rings. The summed E-state index contributed by atoms with van der Waals surface area (Å²) in [6.45, 7) is 1.51. The minimum Gasteiger partial charge on any atom is -0.396 e. The van der Waals surface area contributed by atoms with Crippen LogP contribution in [0.5, 0.6) is 0 Å². The number of sulfonamides is 2. The zero-order valence-corrected chi connectivity index (χ0v) is 12.4. The molecule has 7 nitrogen and oxygen atoms in total. The second-order valence-corrected chi connectivity index (χ2v) is 7.59. The summed E-state index contributed by atoms with van der Waals surface area (Å²) in [5.74, 6) is -1.26. The fourth-order valence-electron chi connectivity index (χ4n) is 1.36. The lowest BCUT2D eigenvalue weighted by molar-refractivity contribution is 0.574. The molecule has 20 heavy (non-hydrogen) atoms. The van der Waals surface area contributed by atoms with E-state index in [1.807, 2.05) is 0 Å². The molecule has 1 rings (SSSR count). The highest BCUT2D eigenvalue weighted by atomic mass is 32.2. The number of hydrogen-bond donors (Lipinski definition) is 3. The van der Waals surface area contributed by atoms with E-state index >= 15 is 0 Å². The van der Waals surface area contributed by atoms with Crippen LogP contribution in [0.4, 0.5) is 10.1 Å². The van der Waals surface area contributed by atoms with E-state index < -0.39 is 31.6 Å². The predicted octanol–water partition coefficient (Wildman–Crippen LogP) is -0.374. The van der Waals surface area contributed by atoms with Gasteiger partial charge in [0, 0.05) is 13.1 Å². The summed E-state index contributed by atoms with van der Waals surface area (Å²) < 4.78 is 63.8. The normalized spacial score (nSPS) is 12.5. The van der Waals surface area contributed by atoms with Gasteiger partial charge in [0.2, 0.25) is 20.0 Å². The predicted molar refractivity (Wildman–Crippen MR) is 73.5 cm³/mol. The monoisotopic (exact) mass is 325 g/mol. The van der Waals surface area contributed by atoms with Gasteiger partial charge in [0.25, 0.3) is 0 Å². The van der Waals surface area contributed by atoms with Gasteiger partial charge in [-0.05, 0) is 18.2 Å². The molecule has 114 valence electrons. The van der Waals surface area contributed by atoms with Crippen molar-refractivity contribution in [3.63, 3.8) is 0 Å². The zero-order chi connectivity index (χ0) is 15.4. The summed E-state index contributed by atoms with van der Waals surface area (Å²) in [5.41, 5.74) is 5.08. The third-order valence-electron chi connectivity index (χ3n) is 2.31. The van der Waals surface area contributed by atoms with Crippen LogP contribution in [-0.4, -0.2) is 35.7 Å². The molecule has 0 spiro atoms. The van der Waals surface area contributed by atoms with Gasteiger partial charge in [-0.25, -0.2) is 30.7 Å². The van der Waals surface area contributed by atoms with Gasteiger partial charge in [-0.1, -0.05) is 6.92 Å². The summed E-state index contributed by atoms with van der Waals surface area (Å²) in [6, 6.07) is 3.04. The topological polar surface area (TPSA) is 118 Å². The van der Waals surface area contributed by atoms with E-state index in [4.69, 9.17) is 5.73 Å². The van der Waals surface area contributed by atoms with E-state index in [1.165, 1.54) is 0 Å². The molecule has 0 aliphatic rings. The molecule has 0 aromatic heterocycles. The van der Waals surface area contributed by atoms with Crippen LogP contribution in [0, 0.1) is 5.82 Å². The fourth-order valence-corrected chi connectivity index (χ4v) is 3.49. The second-order valence-electron chi connectivity index (χ2n) is 3.90. The Morgan fingerprint density at radius 3 is 2.40 bits per heavy atom. The van der Waals surface area contributed by atoms with E-state index in [1.54, 1.807) is 6.92 Å². The third-order valence-corrected chi connectivity index (χ3v) is 5.24. The van der Waals surface area contributed by atoms with E-state index in [0.29, 0.717) is 0 Å². The molecule has 0 unspecified atom stereocenters. The molecule has 0 radical (unpaired) electrons. The summed E-state index contributed by atoms with van der Waals surface area (Å²) in [4.78, 5) is -0.315. The van der Waals surface area contributed by atoms with E-state index in [9.17, 15) is 21.2 Å². The van der Waals surface area contributed by atoms with Crippen LogP contribution in [0.2, 0.25) is 0 Å². The van der Waals surface area contributed by atoms with Gasteiger partial charge in [0.1, 0.15) is 5.82 Å². The van der Waals surface area contributed by atoms with Crippen molar-refractivity contribution in [1.82, 2.24) is 9.44 Å². The van der Waals surface area contributed by atoms with Crippen molar-refractivity contribution in [2.75, 3.05) is 24.6 Å². The summed E-state index contributed by atoms with van der Waals surface area (Å²) in [7, 11) is -7.50. The molecule has 4 N–H and O–H groups in total. The van der Waals surface area contributed by atoms with Gasteiger partial charge >= 0.3 is 0 Å². The molecule has 0 amide bonds. The van der Waals surface area contributed by atoms with Crippen molar-refractivity contribution in [3.05, 3.63) is 24.0 Å². The number of nitrogen functional groups attached to an aromatic ring is 1. The Morgan fingerprint density at radius 2 is 1.85 bits per heavy atom. The number of rotatable bonds is 7. The number of nitrogens with two attached hydrogens (primary N) is 1. The van der Waals surface area contributed by atoms with Crippen molar-refractivity contribution in [1.29, 1.82) is 0 Å². The van der Waals surface area contributed by atoms with Gasteiger partial charge in [-0.15, -0.1) is 0 Å². The molecule has 0 saturated carbocycles. The molecule has 0 aliphatic heterocycles. The third kappa shape index (κ3) is 4.71. The first-order valence-corrected chi connectivity index (χ1v) is 8.83. The van der Waals surface area contributed by atoms with Crippen LogP contribution in [-0.2, 0) is 20.0 Å². The van der Waals surface area contributed by atoms with Gasteiger partial charge in [-0.3, -0.25) is 0 Å². The van der Waals surface area contributed by atoms with Crippen molar-refractivity contribution in [2.24, 2.45) is 0 Å². The molecule has 1 aromatic rings. The lowest BCUT2D eigenvalue weighted by atomic mass is 10.3. The number of anilines is 1. The number of halogens is 1. The average Bonchev–Trinajstić information content (AvgIpc) is 2.31. The number of hydrogen-bond acceptors (Lipinski definition) is 5. The highest BCUT2D eigenvalue weighted by Crippen LogP contribution is 2.15. The fraction of sp³-hybridized carbons (Fsp3) is 0.400. The minimum absolute atomic E-state index is 0.168. The maximum absolute atomic E-state index is 13.2. The molecular formula is C10H16FN3O4S2. The van der Waals surface area contributed by atoms with Crippen LogP contribution >= 0.6 is 0 Å².